The van der Waals surface area contributed by atoms with E-state index in [9.17, 15) is 4.79 Å². The van der Waals surface area contributed by atoms with Crippen LogP contribution in [-0.4, -0.2) is 22.7 Å². The normalized spacial score (nSPS) is 10.4. The fourth-order valence-corrected chi connectivity index (χ4v) is 1.43. The van der Waals surface area contributed by atoms with Crippen LogP contribution in [0.1, 0.15) is 6.42 Å². The zero-order chi connectivity index (χ0) is 10.7. The zero-order valence-electron chi connectivity index (χ0n) is 8.06. The molecule has 2 aromatic rings. The summed E-state index contributed by atoms with van der Waals surface area (Å²) in [6.07, 6.45) is 1.84. The molecule has 0 aliphatic heterocycles. The molecule has 0 spiro atoms. The van der Waals surface area contributed by atoms with Gasteiger partial charge in [-0.25, -0.2) is 0 Å². The molecule has 1 aromatic heterocycles. The number of rotatable bonds is 4. The molecule has 0 fully saturated rings. The maximum Gasteiger partial charge on any atom is 0.306 e. The minimum Gasteiger partial charge on any atom is -0.492 e. The highest BCUT2D eigenvalue weighted by atomic mass is 16.5. The van der Waals surface area contributed by atoms with Crippen molar-refractivity contribution in [3.63, 3.8) is 0 Å². The zero-order valence-corrected chi connectivity index (χ0v) is 8.06. The number of hydrogen-bond donors (Lipinski definition) is 2. The van der Waals surface area contributed by atoms with Crippen molar-refractivity contribution >= 4 is 16.9 Å². The van der Waals surface area contributed by atoms with Crippen molar-refractivity contribution in [1.29, 1.82) is 0 Å². The van der Waals surface area contributed by atoms with E-state index in [1.807, 2.05) is 30.5 Å². The molecule has 0 bridgehead atoms. The summed E-state index contributed by atoms with van der Waals surface area (Å²) in [6.45, 7) is 0.194. The standard InChI is InChI=1S/C11H11NO3/c13-11(14)5-7-15-10-3-1-2-9-8(10)4-6-12-9/h1-4,6,12H,5,7H2,(H,13,14). The Hall–Kier alpha value is -1.97. The molecule has 2 N–H and O–H groups in total. The van der Waals surface area contributed by atoms with Crippen LogP contribution in [0, 0.1) is 0 Å². The number of nitrogens with one attached hydrogen (secondary N) is 1. The van der Waals surface area contributed by atoms with E-state index in [1.54, 1.807) is 0 Å². The van der Waals surface area contributed by atoms with Crippen LogP contribution in [0.25, 0.3) is 10.9 Å². The summed E-state index contributed by atoms with van der Waals surface area (Å²) >= 11 is 0. The lowest BCUT2D eigenvalue weighted by molar-refractivity contribution is -0.137. The summed E-state index contributed by atoms with van der Waals surface area (Å²) in [6, 6.07) is 7.55. The highest BCUT2D eigenvalue weighted by Crippen LogP contribution is 2.24. The third-order valence-corrected chi connectivity index (χ3v) is 2.13. The molecule has 1 heterocycles. The van der Waals surface area contributed by atoms with Gasteiger partial charge in [0.15, 0.2) is 0 Å². The van der Waals surface area contributed by atoms with E-state index in [4.69, 9.17) is 9.84 Å². The molecule has 4 heteroatoms. The van der Waals surface area contributed by atoms with E-state index in [1.165, 1.54) is 0 Å². The molecular weight excluding hydrogens is 194 g/mol. The Morgan fingerprint density at radius 1 is 1.40 bits per heavy atom. The number of aliphatic carboxylic acids is 1. The van der Waals surface area contributed by atoms with Gasteiger partial charge >= 0.3 is 5.97 Å². The third kappa shape index (κ3) is 2.10. The second-order valence-electron chi connectivity index (χ2n) is 3.19. The van der Waals surface area contributed by atoms with E-state index >= 15 is 0 Å². The van der Waals surface area contributed by atoms with Gasteiger partial charge in [0.05, 0.1) is 13.0 Å². The lowest BCUT2D eigenvalue weighted by Gasteiger charge is -2.05. The van der Waals surface area contributed by atoms with Gasteiger partial charge in [-0.05, 0) is 18.2 Å². The van der Waals surface area contributed by atoms with Gasteiger partial charge in [0.2, 0.25) is 0 Å². The first-order valence-electron chi connectivity index (χ1n) is 4.68. The quantitative estimate of drug-likeness (QED) is 0.802. The van der Waals surface area contributed by atoms with Crippen molar-refractivity contribution in [3.05, 3.63) is 30.5 Å². The molecule has 1 aromatic carbocycles. The first-order valence-corrected chi connectivity index (χ1v) is 4.68. The molecule has 4 nitrogen and oxygen atoms in total. The minimum absolute atomic E-state index is 0.0147. The number of benzene rings is 1. The van der Waals surface area contributed by atoms with Gasteiger partial charge in [-0.1, -0.05) is 6.07 Å². The predicted octanol–water partition coefficient (Wildman–Crippen LogP) is 2.02. The lowest BCUT2D eigenvalue weighted by atomic mass is 10.2. The Bertz CT molecular complexity index is 475. The number of H-pyrrole nitrogens is 1. The number of hydrogen-bond acceptors (Lipinski definition) is 2. The van der Waals surface area contributed by atoms with Gasteiger partial charge in [-0.3, -0.25) is 4.79 Å². The van der Waals surface area contributed by atoms with Gasteiger partial charge in [0.1, 0.15) is 5.75 Å². The molecular formula is C11H11NO3. The van der Waals surface area contributed by atoms with E-state index in [0.29, 0.717) is 0 Å². The van der Waals surface area contributed by atoms with Crippen LogP contribution in [0.4, 0.5) is 0 Å². The first-order chi connectivity index (χ1) is 7.27. The Labute approximate surface area is 86.5 Å². The molecule has 0 atom stereocenters. The minimum atomic E-state index is -0.851. The summed E-state index contributed by atoms with van der Waals surface area (Å²) in [7, 11) is 0. The van der Waals surface area contributed by atoms with E-state index in [-0.39, 0.29) is 13.0 Å². The van der Waals surface area contributed by atoms with Crippen LogP contribution < -0.4 is 4.74 Å². The van der Waals surface area contributed by atoms with Gasteiger partial charge in [0, 0.05) is 17.1 Å². The van der Waals surface area contributed by atoms with Crippen LogP contribution in [0.5, 0.6) is 5.75 Å². The molecule has 2 rings (SSSR count). The Morgan fingerprint density at radius 3 is 3.07 bits per heavy atom. The van der Waals surface area contributed by atoms with Crippen LogP contribution in [0.15, 0.2) is 30.5 Å². The van der Waals surface area contributed by atoms with Crippen molar-refractivity contribution in [3.8, 4) is 5.75 Å². The average molecular weight is 205 g/mol. The second kappa shape index (κ2) is 4.04. The smallest absolute Gasteiger partial charge is 0.306 e. The third-order valence-electron chi connectivity index (χ3n) is 2.13. The molecule has 15 heavy (non-hydrogen) atoms. The largest absolute Gasteiger partial charge is 0.492 e. The summed E-state index contributed by atoms with van der Waals surface area (Å²) in [4.78, 5) is 13.4. The number of aromatic nitrogens is 1. The first kappa shape index (κ1) is 9.58. The van der Waals surface area contributed by atoms with Crippen molar-refractivity contribution in [2.75, 3.05) is 6.61 Å². The lowest BCUT2D eigenvalue weighted by Crippen LogP contribution is -2.04. The fourth-order valence-electron chi connectivity index (χ4n) is 1.43. The van der Waals surface area contributed by atoms with E-state index in [0.717, 1.165) is 16.7 Å². The van der Waals surface area contributed by atoms with Gasteiger partial charge in [0.25, 0.3) is 0 Å². The maximum atomic E-state index is 10.3. The topological polar surface area (TPSA) is 62.3 Å². The van der Waals surface area contributed by atoms with Crippen molar-refractivity contribution in [2.45, 2.75) is 6.42 Å². The van der Waals surface area contributed by atoms with Gasteiger partial charge in [-0.15, -0.1) is 0 Å². The predicted molar refractivity (Wildman–Crippen MR) is 56.0 cm³/mol. The molecule has 0 radical (unpaired) electrons. The molecule has 0 saturated carbocycles. The number of carbonyl (C=O) groups is 1. The van der Waals surface area contributed by atoms with Crippen molar-refractivity contribution in [1.82, 2.24) is 4.98 Å². The van der Waals surface area contributed by atoms with Gasteiger partial charge < -0.3 is 14.8 Å². The van der Waals surface area contributed by atoms with Crippen LogP contribution in [-0.2, 0) is 4.79 Å². The molecule has 78 valence electrons. The van der Waals surface area contributed by atoms with Crippen LogP contribution >= 0.6 is 0 Å². The van der Waals surface area contributed by atoms with E-state index in [2.05, 4.69) is 4.98 Å². The van der Waals surface area contributed by atoms with Crippen molar-refractivity contribution < 1.29 is 14.6 Å². The summed E-state index contributed by atoms with van der Waals surface area (Å²) in [5, 5.41) is 9.45. The fraction of sp³-hybridized carbons (Fsp3) is 0.182. The van der Waals surface area contributed by atoms with Gasteiger partial charge in [-0.2, -0.15) is 0 Å². The average Bonchev–Trinajstić information content (AvgIpc) is 2.65. The Balaban J connectivity index is 2.13. The number of carboxylic acid groups (broad SMARTS) is 1. The number of fused-ring (bicyclic) bond motifs is 1. The van der Waals surface area contributed by atoms with Crippen molar-refractivity contribution in [2.24, 2.45) is 0 Å². The Morgan fingerprint density at radius 2 is 2.27 bits per heavy atom. The van der Waals surface area contributed by atoms with Crippen LogP contribution in [0.3, 0.4) is 0 Å². The molecule has 0 saturated heterocycles. The van der Waals surface area contributed by atoms with E-state index < -0.39 is 5.97 Å². The highest BCUT2D eigenvalue weighted by Gasteiger charge is 2.03. The summed E-state index contributed by atoms with van der Waals surface area (Å²) in [5.74, 6) is -0.133. The molecule has 0 amide bonds. The van der Waals surface area contributed by atoms with Crippen LogP contribution in [0.2, 0.25) is 0 Å². The Kier molecular flexibility index (Phi) is 2.58. The maximum absolute atomic E-state index is 10.3. The molecule has 0 unspecified atom stereocenters. The summed E-state index contributed by atoms with van der Waals surface area (Å²) in [5.41, 5.74) is 0.989. The molecule has 0 aliphatic carbocycles. The number of aromatic amines is 1. The number of carboxylic acids is 1. The SMILES string of the molecule is O=C(O)CCOc1cccc2[nH]ccc12. The number of ether oxygens (including phenoxy) is 1. The second-order valence-corrected chi connectivity index (χ2v) is 3.19. The monoisotopic (exact) mass is 205 g/mol. The molecule has 0 aliphatic rings. The highest BCUT2D eigenvalue weighted by molar-refractivity contribution is 5.85. The summed E-state index contributed by atoms with van der Waals surface area (Å²) < 4.78 is 5.39.